The van der Waals surface area contributed by atoms with Gasteiger partial charge in [0.15, 0.2) is 5.13 Å². The molecule has 0 aliphatic carbocycles. The lowest BCUT2D eigenvalue weighted by atomic mass is 9.81. The van der Waals surface area contributed by atoms with Crippen LogP contribution in [0.1, 0.15) is 23.8 Å². The number of aromatic nitrogens is 1. The van der Waals surface area contributed by atoms with Crippen LogP contribution in [0.4, 0.5) is 10.8 Å². The van der Waals surface area contributed by atoms with Gasteiger partial charge in [0, 0.05) is 53.8 Å². The number of halogens is 1. The first-order chi connectivity index (χ1) is 11.0. The molecule has 1 amide bonds. The third kappa shape index (κ3) is 2.34. The highest BCUT2D eigenvalue weighted by Crippen LogP contribution is 2.50. The minimum atomic E-state index is -0.0362. The number of thiazole rings is 1. The Morgan fingerprint density at radius 2 is 2.22 bits per heavy atom. The van der Waals surface area contributed by atoms with Crippen molar-refractivity contribution in [1.82, 2.24) is 9.88 Å². The molecule has 1 aromatic heterocycles. The standard InChI is InChI=1S/C17H18ClN3OS/c1-11-8-19-16(23-11)21-10-17(5-6-20(9-17)12(2)22)14-7-13(18)3-4-15(14)21/h3-4,7-8H,5-6,9-10H2,1-2H3/t17-/m1/s1. The molecule has 1 aromatic carbocycles. The van der Waals surface area contributed by atoms with Crippen molar-refractivity contribution < 1.29 is 4.79 Å². The molecule has 2 aliphatic heterocycles. The molecule has 0 N–H and O–H groups in total. The Kier molecular flexibility index (Phi) is 3.39. The summed E-state index contributed by atoms with van der Waals surface area (Å²) < 4.78 is 0. The van der Waals surface area contributed by atoms with Gasteiger partial charge >= 0.3 is 0 Å². The lowest BCUT2D eigenvalue weighted by Gasteiger charge is -2.25. The van der Waals surface area contributed by atoms with Crippen LogP contribution in [-0.4, -0.2) is 35.4 Å². The first kappa shape index (κ1) is 15.0. The first-order valence-corrected chi connectivity index (χ1v) is 8.93. The minimum absolute atomic E-state index is 0.0362. The quantitative estimate of drug-likeness (QED) is 0.788. The lowest BCUT2D eigenvalue weighted by Crippen LogP contribution is -2.36. The van der Waals surface area contributed by atoms with Crippen LogP contribution >= 0.6 is 22.9 Å². The van der Waals surface area contributed by atoms with Crippen LogP contribution in [0, 0.1) is 6.92 Å². The molecule has 0 unspecified atom stereocenters. The Labute approximate surface area is 144 Å². The van der Waals surface area contributed by atoms with E-state index in [1.54, 1.807) is 18.3 Å². The van der Waals surface area contributed by atoms with E-state index in [2.05, 4.69) is 28.9 Å². The monoisotopic (exact) mass is 347 g/mol. The van der Waals surface area contributed by atoms with E-state index in [4.69, 9.17) is 11.6 Å². The molecular weight excluding hydrogens is 330 g/mol. The molecule has 0 saturated carbocycles. The summed E-state index contributed by atoms with van der Waals surface area (Å²) >= 11 is 7.97. The van der Waals surface area contributed by atoms with Gasteiger partial charge in [-0.15, -0.1) is 11.3 Å². The number of amides is 1. The van der Waals surface area contributed by atoms with E-state index in [0.29, 0.717) is 0 Å². The second kappa shape index (κ2) is 5.21. The number of carbonyl (C=O) groups excluding carboxylic acids is 1. The van der Waals surface area contributed by atoms with E-state index in [1.165, 1.54) is 16.1 Å². The molecule has 1 fully saturated rings. The zero-order chi connectivity index (χ0) is 16.2. The fraction of sp³-hybridized carbons (Fsp3) is 0.412. The molecule has 3 heterocycles. The van der Waals surface area contributed by atoms with Crippen molar-refractivity contribution in [3.8, 4) is 0 Å². The van der Waals surface area contributed by atoms with Crippen molar-refractivity contribution in [2.24, 2.45) is 0 Å². The summed E-state index contributed by atoms with van der Waals surface area (Å²) in [5.74, 6) is 0.147. The van der Waals surface area contributed by atoms with Crippen molar-refractivity contribution in [3.05, 3.63) is 39.9 Å². The molecular formula is C17H18ClN3OS. The topological polar surface area (TPSA) is 36.4 Å². The zero-order valence-corrected chi connectivity index (χ0v) is 14.7. The van der Waals surface area contributed by atoms with Crippen LogP contribution in [0.15, 0.2) is 24.4 Å². The molecule has 2 aliphatic rings. The molecule has 23 heavy (non-hydrogen) atoms. The van der Waals surface area contributed by atoms with E-state index in [0.717, 1.165) is 36.2 Å². The van der Waals surface area contributed by atoms with Gasteiger partial charge in [0.05, 0.1) is 0 Å². The molecule has 4 nitrogen and oxygen atoms in total. The molecule has 2 aromatic rings. The van der Waals surface area contributed by atoms with Gasteiger partial charge in [0.25, 0.3) is 0 Å². The molecule has 0 radical (unpaired) electrons. The molecule has 1 spiro atoms. The van der Waals surface area contributed by atoms with Gasteiger partial charge in [-0.25, -0.2) is 4.98 Å². The van der Waals surface area contributed by atoms with Crippen LogP contribution in [0.2, 0.25) is 5.02 Å². The second-order valence-electron chi connectivity index (χ2n) is 6.47. The number of aryl methyl sites for hydroxylation is 1. The summed E-state index contributed by atoms with van der Waals surface area (Å²) in [5.41, 5.74) is 2.39. The van der Waals surface area contributed by atoms with Gasteiger partial charge in [-0.05, 0) is 37.1 Å². The number of hydrogen-bond donors (Lipinski definition) is 0. The minimum Gasteiger partial charge on any atom is -0.342 e. The Hall–Kier alpha value is -1.59. The SMILES string of the molecule is CC(=O)N1CC[C@@]2(C1)CN(c1ncc(C)s1)c1ccc(Cl)cc12. The van der Waals surface area contributed by atoms with Gasteiger partial charge < -0.3 is 9.80 Å². The molecule has 0 bridgehead atoms. The number of nitrogens with zero attached hydrogens (tertiary/aromatic N) is 3. The summed E-state index contributed by atoms with van der Waals surface area (Å²) in [5, 5.41) is 1.77. The van der Waals surface area contributed by atoms with Gasteiger partial charge in [-0.1, -0.05) is 11.6 Å². The number of carbonyl (C=O) groups is 1. The highest BCUT2D eigenvalue weighted by molar-refractivity contribution is 7.15. The average Bonchev–Trinajstić information content (AvgIpc) is 3.19. The molecule has 6 heteroatoms. The van der Waals surface area contributed by atoms with E-state index < -0.39 is 0 Å². The van der Waals surface area contributed by atoms with Crippen LogP contribution in [-0.2, 0) is 10.2 Å². The Bertz CT molecular complexity index is 790. The van der Waals surface area contributed by atoms with Crippen molar-refractivity contribution >= 4 is 39.7 Å². The van der Waals surface area contributed by atoms with E-state index in [9.17, 15) is 4.79 Å². The molecule has 4 rings (SSSR count). The van der Waals surface area contributed by atoms with Gasteiger partial charge in [-0.3, -0.25) is 4.79 Å². The molecule has 120 valence electrons. The maximum atomic E-state index is 11.8. The normalized spacial score (nSPS) is 22.9. The first-order valence-electron chi connectivity index (χ1n) is 7.74. The summed E-state index contributed by atoms with van der Waals surface area (Å²) in [6.45, 7) is 6.15. The summed E-state index contributed by atoms with van der Waals surface area (Å²) in [7, 11) is 0. The molecule has 1 saturated heterocycles. The van der Waals surface area contributed by atoms with Gasteiger partial charge in [-0.2, -0.15) is 0 Å². The lowest BCUT2D eigenvalue weighted by molar-refractivity contribution is -0.127. The summed E-state index contributed by atoms with van der Waals surface area (Å²) in [6, 6.07) is 6.09. The smallest absolute Gasteiger partial charge is 0.219 e. The maximum absolute atomic E-state index is 11.8. The second-order valence-corrected chi connectivity index (χ2v) is 8.12. The number of rotatable bonds is 1. The summed E-state index contributed by atoms with van der Waals surface area (Å²) in [6.07, 6.45) is 2.89. The Morgan fingerprint density at radius 1 is 1.39 bits per heavy atom. The third-order valence-electron chi connectivity index (χ3n) is 4.92. The van der Waals surface area contributed by atoms with Crippen molar-refractivity contribution in [2.75, 3.05) is 24.5 Å². The van der Waals surface area contributed by atoms with Gasteiger partial charge in [0.1, 0.15) is 0 Å². The van der Waals surface area contributed by atoms with Crippen molar-refractivity contribution in [2.45, 2.75) is 25.7 Å². The maximum Gasteiger partial charge on any atom is 0.219 e. The van der Waals surface area contributed by atoms with Crippen LogP contribution < -0.4 is 4.90 Å². The highest BCUT2D eigenvalue weighted by Gasteiger charge is 2.48. The Balaban J connectivity index is 1.79. The fourth-order valence-corrected chi connectivity index (χ4v) is 4.71. The van der Waals surface area contributed by atoms with Crippen molar-refractivity contribution in [1.29, 1.82) is 0 Å². The summed E-state index contributed by atoms with van der Waals surface area (Å²) in [4.78, 5) is 21.8. The van der Waals surface area contributed by atoms with Gasteiger partial charge in [0.2, 0.25) is 5.91 Å². The number of fused-ring (bicyclic) bond motifs is 2. The zero-order valence-electron chi connectivity index (χ0n) is 13.2. The highest BCUT2D eigenvalue weighted by atomic mass is 35.5. The third-order valence-corrected chi connectivity index (χ3v) is 6.09. The number of hydrogen-bond acceptors (Lipinski definition) is 4. The van der Waals surface area contributed by atoms with Crippen molar-refractivity contribution in [3.63, 3.8) is 0 Å². The van der Waals surface area contributed by atoms with E-state index in [1.807, 2.05) is 17.2 Å². The predicted octanol–water partition coefficient (Wildman–Crippen LogP) is 3.75. The fourth-order valence-electron chi connectivity index (χ4n) is 3.77. The van der Waals surface area contributed by atoms with E-state index in [-0.39, 0.29) is 11.3 Å². The van der Waals surface area contributed by atoms with Crippen LogP contribution in [0.5, 0.6) is 0 Å². The number of anilines is 2. The average molecular weight is 348 g/mol. The van der Waals surface area contributed by atoms with Crippen LogP contribution in [0.25, 0.3) is 0 Å². The Morgan fingerprint density at radius 3 is 2.87 bits per heavy atom. The largest absolute Gasteiger partial charge is 0.342 e. The number of benzene rings is 1. The number of likely N-dealkylation sites (tertiary alicyclic amines) is 1. The predicted molar refractivity (Wildman–Crippen MR) is 93.9 cm³/mol. The molecule has 1 atom stereocenters. The van der Waals surface area contributed by atoms with E-state index >= 15 is 0 Å². The van der Waals surface area contributed by atoms with Crippen LogP contribution in [0.3, 0.4) is 0 Å².